The van der Waals surface area contributed by atoms with Crippen molar-refractivity contribution in [3.05, 3.63) is 71.1 Å². The lowest BCUT2D eigenvalue weighted by molar-refractivity contribution is -0.137. The van der Waals surface area contributed by atoms with Crippen LogP contribution in [0.15, 0.2) is 43.1 Å². The van der Waals surface area contributed by atoms with E-state index >= 15 is 0 Å². The second kappa shape index (κ2) is 8.82. The summed E-state index contributed by atoms with van der Waals surface area (Å²) < 4.78 is 44.1. The number of benzene rings is 1. The summed E-state index contributed by atoms with van der Waals surface area (Å²) in [4.78, 5) is 20.9. The van der Waals surface area contributed by atoms with Gasteiger partial charge < -0.3 is 9.64 Å². The number of hydrogen-bond donors (Lipinski definition) is 0. The van der Waals surface area contributed by atoms with E-state index in [2.05, 4.69) is 43.3 Å². The summed E-state index contributed by atoms with van der Waals surface area (Å²) in [5, 5.41) is 0. The van der Waals surface area contributed by atoms with E-state index in [1.807, 2.05) is 6.07 Å². The Hall–Kier alpha value is -2.87. The van der Waals surface area contributed by atoms with E-state index in [1.165, 1.54) is 17.2 Å². The van der Waals surface area contributed by atoms with E-state index in [0.717, 1.165) is 36.5 Å². The van der Waals surface area contributed by atoms with Gasteiger partial charge in [0.05, 0.1) is 5.56 Å². The number of hydrogen-bond acceptors (Lipinski definition) is 4. The summed E-state index contributed by atoms with van der Waals surface area (Å²) in [7, 11) is 0. The molecule has 8 heteroatoms. The van der Waals surface area contributed by atoms with Gasteiger partial charge in [-0.1, -0.05) is 18.7 Å². The van der Waals surface area contributed by atoms with Crippen LogP contribution in [0.5, 0.6) is 5.75 Å². The monoisotopic (exact) mass is 459 g/mol. The molecule has 2 fully saturated rings. The fraction of sp³-hybridized carbons (Fsp3) is 0.440. The van der Waals surface area contributed by atoms with Crippen molar-refractivity contribution in [2.24, 2.45) is 0 Å². The zero-order valence-electron chi connectivity index (χ0n) is 19.0. The van der Waals surface area contributed by atoms with Gasteiger partial charge in [0.15, 0.2) is 0 Å². The van der Waals surface area contributed by atoms with Crippen LogP contribution in [0, 0.1) is 13.8 Å². The summed E-state index contributed by atoms with van der Waals surface area (Å²) in [6.45, 7) is 11.8. The normalized spacial score (nSPS) is 21.3. The maximum atomic E-state index is 12.9. The zero-order chi connectivity index (χ0) is 23.9. The average Bonchev–Trinajstić information content (AvgIpc) is 3.40. The van der Waals surface area contributed by atoms with E-state index in [-0.39, 0.29) is 29.7 Å². The number of amides is 1. The Labute approximate surface area is 191 Å². The molecule has 2 aromatic rings. The smallest absolute Gasteiger partial charge is 0.417 e. The summed E-state index contributed by atoms with van der Waals surface area (Å²) in [6, 6.07) is 6.60. The Morgan fingerprint density at radius 3 is 2.55 bits per heavy atom. The zero-order valence-corrected chi connectivity index (χ0v) is 19.0. The quantitative estimate of drug-likeness (QED) is 0.574. The summed E-state index contributed by atoms with van der Waals surface area (Å²) >= 11 is 0. The van der Waals surface area contributed by atoms with Crippen LogP contribution in [0.25, 0.3) is 0 Å². The molecular weight excluding hydrogens is 431 g/mol. The number of carbonyl (C=O) groups is 1. The molecule has 0 spiro atoms. The second-order valence-corrected chi connectivity index (χ2v) is 8.81. The highest BCUT2D eigenvalue weighted by atomic mass is 19.4. The van der Waals surface area contributed by atoms with E-state index in [0.29, 0.717) is 13.2 Å². The molecule has 0 aliphatic carbocycles. The van der Waals surface area contributed by atoms with Gasteiger partial charge >= 0.3 is 6.18 Å². The van der Waals surface area contributed by atoms with Crippen LogP contribution in [0.1, 0.15) is 52.1 Å². The first-order valence-corrected chi connectivity index (χ1v) is 11.1. The van der Waals surface area contributed by atoms with Crippen LogP contribution < -0.4 is 4.74 Å². The average molecular weight is 460 g/mol. The molecule has 5 nitrogen and oxygen atoms in total. The predicted octanol–water partition coefficient (Wildman–Crippen LogP) is 4.94. The van der Waals surface area contributed by atoms with Gasteiger partial charge in [0, 0.05) is 37.4 Å². The fourth-order valence-electron chi connectivity index (χ4n) is 5.01. The number of alkyl halides is 3. The highest BCUT2D eigenvalue weighted by Crippen LogP contribution is 2.39. The Balaban J connectivity index is 1.45. The number of nitrogens with zero attached hydrogens (tertiary/aromatic N) is 3. The van der Waals surface area contributed by atoms with E-state index in [1.54, 1.807) is 11.0 Å². The number of aromatic nitrogens is 1. The van der Waals surface area contributed by atoms with Crippen LogP contribution in [0.2, 0.25) is 0 Å². The predicted molar refractivity (Wildman–Crippen MR) is 119 cm³/mol. The van der Waals surface area contributed by atoms with E-state index in [9.17, 15) is 18.0 Å². The van der Waals surface area contributed by atoms with Gasteiger partial charge in [-0.05, 0) is 62.1 Å². The minimum Gasteiger partial charge on any atom is -0.489 e. The number of pyridine rings is 1. The van der Waals surface area contributed by atoms with Crippen LogP contribution >= 0.6 is 0 Å². The standard InChI is InChI=1S/C25H28F3N3O2/c1-5-10-33-23-9-7-21(15(2)16(23)3)17(4)30-13-20-11-19(30)14-31(20)24(32)22-8-6-18(12-29-22)25(26,27)28/h5-9,12,17,19-20H,1,10-11,13-14H2,2-4H3/t17-,19-,20-/m0/s1. The number of piperazine rings is 1. The Morgan fingerprint density at radius 2 is 1.97 bits per heavy atom. The van der Waals surface area contributed by atoms with Gasteiger partial charge in [-0.3, -0.25) is 14.7 Å². The van der Waals surface area contributed by atoms with Gasteiger partial charge in [-0.2, -0.15) is 13.2 Å². The van der Waals surface area contributed by atoms with Crippen molar-refractivity contribution in [2.45, 2.75) is 51.5 Å². The molecule has 1 amide bonds. The van der Waals surface area contributed by atoms with Crippen LogP contribution in [0.3, 0.4) is 0 Å². The molecule has 2 saturated heterocycles. The lowest BCUT2D eigenvalue weighted by Gasteiger charge is -2.38. The molecule has 0 unspecified atom stereocenters. The number of halogens is 3. The fourth-order valence-corrected chi connectivity index (χ4v) is 5.01. The van der Waals surface area contributed by atoms with Crippen molar-refractivity contribution in [1.82, 2.24) is 14.8 Å². The molecule has 2 aliphatic heterocycles. The largest absolute Gasteiger partial charge is 0.489 e. The third-order valence-corrected chi connectivity index (χ3v) is 6.94. The first-order valence-electron chi connectivity index (χ1n) is 11.1. The molecule has 1 aromatic carbocycles. The van der Waals surface area contributed by atoms with Crippen molar-refractivity contribution < 1.29 is 22.7 Å². The summed E-state index contributed by atoms with van der Waals surface area (Å²) in [5.41, 5.74) is 2.73. The van der Waals surface area contributed by atoms with Gasteiger partial charge in [0.25, 0.3) is 5.91 Å². The van der Waals surface area contributed by atoms with Crippen LogP contribution in [-0.4, -0.2) is 52.5 Å². The van der Waals surface area contributed by atoms with Gasteiger partial charge in [-0.15, -0.1) is 0 Å². The molecular formula is C25H28F3N3O2. The minimum absolute atomic E-state index is 0.0330. The Kier molecular flexibility index (Phi) is 6.22. The first kappa shape index (κ1) is 23.3. The maximum absolute atomic E-state index is 12.9. The number of carbonyl (C=O) groups excluding carboxylic acids is 1. The van der Waals surface area contributed by atoms with Crippen molar-refractivity contribution in [3.8, 4) is 5.75 Å². The molecule has 1 aromatic heterocycles. The first-order chi connectivity index (χ1) is 15.6. The van der Waals surface area contributed by atoms with Crippen LogP contribution in [-0.2, 0) is 6.18 Å². The third-order valence-electron chi connectivity index (χ3n) is 6.94. The molecule has 4 rings (SSSR count). The minimum atomic E-state index is -4.47. The van der Waals surface area contributed by atoms with Gasteiger partial charge in [0.2, 0.25) is 0 Å². The Morgan fingerprint density at radius 1 is 1.21 bits per heavy atom. The molecule has 2 aliphatic rings. The molecule has 0 saturated carbocycles. The lowest BCUT2D eigenvalue weighted by atomic mass is 9.96. The molecule has 2 bridgehead atoms. The second-order valence-electron chi connectivity index (χ2n) is 8.81. The number of ether oxygens (including phenoxy) is 1. The molecule has 3 atom stereocenters. The molecule has 33 heavy (non-hydrogen) atoms. The third kappa shape index (κ3) is 4.36. The maximum Gasteiger partial charge on any atom is 0.417 e. The molecule has 0 radical (unpaired) electrons. The number of rotatable bonds is 6. The SMILES string of the molecule is C=CCOc1ccc([C@H](C)N2C[C@@H]3C[C@H]2CN3C(=O)c2ccc(C(F)(F)F)cn2)c(C)c1C. The summed E-state index contributed by atoms with van der Waals surface area (Å²) in [6.07, 6.45) is -1.16. The summed E-state index contributed by atoms with van der Waals surface area (Å²) in [5.74, 6) is 0.548. The van der Waals surface area contributed by atoms with E-state index < -0.39 is 11.7 Å². The lowest BCUT2D eigenvalue weighted by Crippen LogP contribution is -2.49. The molecule has 176 valence electrons. The highest BCUT2D eigenvalue weighted by molar-refractivity contribution is 5.93. The van der Waals surface area contributed by atoms with Gasteiger partial charge in [-0.25, -0.2) is 0 Å². The molecule has 3 heterocycles. The topological polar surface area (TPSA) is 45.7 Å². The van der Waals surface area contributed by atoms with Crippen molar-refractivity contribution >= 4 is 5.91 Å². The molecule has 0 N–H and O–H groups in total. The van der Waals surface area contributed by atoms with Crippen LogP contribution in [0.4, 0.5) is 13.2 Å². The van der Waals surface area contributed by atoms with Gasteiger partial charge in [0.1, 0.15) is 18.1 Å². The van der Waals surface area contributed by atoms with Crippen molar-refractivity contribution in [2.75, 3.05) is 19.7 Å². The number of fused-ring (bicyclic) bond motifs is 2. The van der Waals surface area contributed by atoms with E-state index in [4.69, 9.17) is 4.74 Å². The van der Waals surface area contributed by atoms with Crippen molar-refractivity contribution in [1.29, 1.82) is 0 Å². The number of likely N-dealkylation sites (tertiary alicyclic amines) is 2. The highest BCUT2D eigenvalue weighted by Gasteiger charge is 2.47. The Bertz CT molecular complexity index is 1050. The van der Waals surface area contributed by atoms with Crippen molar-refractivity contribution in [3.63, 3.8) is 0 Å².